The minimum atomic E-state index is -1.10. The Morgan fingerprint density at radius 1 is 1.24 bits per heavy atom. The molecule has 1 aromatic carbocycles. The number of aliphatic carboxylic acids is 1. The minimum absolute atomic E-state index is 0.344. The molecule has 116 valence electrons. The molecule has 1 unspecified atom stereocenters. The van der Waals surface area contributed by atoms with E-state index in [1.54, 1.807) is 30.3 Å². The van der Waals surface area contributed by atoms with E-state index in [-0.39, 0.29) is 0 Å². The highest BCUT2D eigenvalue weighted by Gasteiger charge is 2.21. The van der Waals surface area contributed by atoms with Gasteiger partial charge in [-0.05, 0) is 12.0 Å². The summed E-state index contributed by atoms with van der Waals surface area (Å²) in [4.78, 5) is 22.9. The Hall–Kier alpha value is -2.08. The first-order valence-electron chi connectivity index (χ1n) is 7.05. The molecule has 0 aliphatic heterocycles. The smallest absolute Gasteiger partial charge is 0.330 e. The highest BCUT2D eigenvalue weighted by atomic mass is 16.5. The highest BCUT2D eigenvalue weighted by Crippen LogP contribution is 2.12. The average molecular weight is 294 g/mol. The number of hydrogen-bond donors (Lipinski definition) is 3. The summed E-state index contributed by atoms with van der Waals surface area (Å²) >= 11 is 0. The second-order valence-electron chi connectivity index (χ2n) is 4.55. The van der Waals surface area contributed by atoms with Gasteiger partial charge in [-0.2, -0.15) is 0 Å². The largest absolute Gasteiger partial charge is 0.479 e. The van der Waals surface area contributed by atoms with Crippen LogP contribution in [0.2, 0.25) is 0 Å². The second kappa shape index (κ2) is 9.77. The van der Waals surface area contributed by atoms with Gasteiger partial charge in [0.2, 0.25) is 0 Å². The Balaban J connectivity index is 2.35. The van der Waals surface area contributed by atoms with Crippen LogP contribution in [0.25, 0.3) is 0 Å². The van der Waals surface area contributed by atoms with Gasteiger partial charge in [-0.1, -0.05) is 43.7 Å². The molecular formula is C15H22N2O4. The lowest BCUT2D eigenvalue weighted by molar-refractivity contribution is -0.139. The first kappa shape index (κ1) is 17.0. The van der Waals surface area contributed by atoms with Crippen molar-refractivity contribution in [1.82, 2.24) is 10.6 Å². The Kier molecular flexibility index (Phi) is 7.89. The molecule has 0 bridgehead atoms. The van der Waals surface area contributed by atoms with Crippen LogP contribution in [-0.2, 0) is 9.53 Å². The number of nitrogens with one attached hydrogen (secondary N) is 2. The van der Waals surface area contributed by atoms with E-state index >= 15 is 0 Å². The molecule has 2 amide bonds. The van der Waals surface area contributed by atoms with Crippen LogP contribution >= 0.6 is 0 Å². The maximum absolute atomic E-state index is 11.7. The van der Waals surface area contributed by atoms with Crippen molar-refractivity contribution >= 4 is 12.0 Å². The lowest BCUT2D eigenvalue weighted by atomic mass is 10.1. The average Bonchev–Trinajstić information content (AvgIpc) is 2.49. The molecule has 0 aliphatic rings. The van der Waals surface area contributed by atoms with Gasteiger partial charge in [0.1, 0.15) is 0 Å². The van der Waals surface area contributed by atoms with E-state index in [0.29, 0.717) is 25.3 Å². The fraction of sp³-hybridized carbons (Fsp3) is 0.467. The van der Waals surface area contributed by atoms with E-state index in [9.17, 15) is 14.7 Å². The third-order valence-electron chi connectivity index (χ3n) is 2.83. The third kappa shape index (κ3) is 6.76. The number of carbonyl (C=O) groups excluding carboxylic acids is 1. The van der Waals surface area contributed by atoms with E-state index in [0.717, 1.165) is 12.8 Å². The van der Waals surface area contributed by atoms with Crippen molar-refractivity contribution in [3.63, 3.8) is 0 Å². The maximum atomic E-state index is 11.7. The van der Waals surface area contributed by atoms with Gasteiger partial charge in [0.15, 0.2) is 6.04 Å². The zero-order chi connectivity index (χ0) is 15.5. The van der Waals surface area contributed by atoms with Crippen molar-refractivity contribution in [2.75, 3.05) is 19.8 Å². The Bertz CT molecular complexity index is 437. The van der Waals surface area contributed by atoms with Gasteiger partial charge < -0.3 is 20.5 Å². The monoisotopic (exact) mass is 294 g/mol. The summed E-state index contributed by atoms with van der Waals surface area (Å²) in [5.41, 5.74) is 0.527. The fourth-order valence-electron chi connectivity index (χ4n) is 1.70. The number of urea groups is 1. The number of hydrogen-bond acceptors (Lipinski definition) is 3. The topological polar surface area (TPSA) is 87.7 Å². The van der Waals surface area contributed by atoms with Crippen molar-refractivity contribution in [1.29, 1.82) is 0 Å². The van der Waals surface area contributed by atoms with E-state index in [1.165, 1.54) is 0 Å². The molecule has 0 fully saturated rings. The number of carbonyl (C=O) groups is 2. The molecule has 0 spiro atoms. The summed E-state index contributed by atoms with van der Waals surface area (Å²) < 4.78 is 5.30. The number of rotatable bonds is 9. The van der Waals surface area contributed by atoms with Crippen LogP contribution in [0.4, 0.5) is 4.79 Å². The van der Waals surface area contributed by atoms with Gasteiger partial charge >= 0.3 is 12.0 Å². The molecule has 3 N–H and O–H groups in total. The molecule has 21 heavy (non-hydrogen) atoms. The van der Waals surface area contributed by atoms with Crippen LogP contribution in [0, 0.1) is 0 Å². The van der Waals surface area contributed by atoms with Crippen molar-refractivity contribution in [3.05, 3.63) is 35.9 Å². The van der Waals surface area contributed by atoms with Gasteiger partial charge in [-0.3, -0.25) is 0 Å². The number of benzene rings is 1. The molecule has 0 aromatic heterocycles. The molecule has 6 heteroatoms. The fourth-order valence-corrected chi connectivity index (χ4v) is 1.70. The highest BCUT2D eigenvalue weighted by molar-refractivity contribution is 5.83. The first-order valence-corrected chi connectivity index (χ1v) is 7.05. The van der Waals surface area contributed by atoms with Gasteiger partial charge in [-0.15, -0.1) is 0 Å². The quantitative estimate of drug-likeness (QED) is 0.607. The third-order valence-corrected chi connectivity index (χ3v) is 2.83. The second-order valence-corrected chi connectivity index (χ2v) is 4.55. The molecule has 0 saturated carbocycles. The Morgan fingerprint density at radius 3 is 2.57 bits per heavy atom. The van der Waals surface area contributed by atoms with Crippen LogP contribution in [0.5, 0.6) is 0 Å². The number of unbranched alkanes of at least 4 members (excludes halogenated alkanes) is 1. The predicted molar refractivity (Wildman–Crippen MR) is 79.1 cm³/mol. The van der Waals surface area contributed by atoms with Crippen LogP contribution in [0.15, 0.2) is 30.3 Å². The van der Waals surface area contributed by atoms with Gasteiger partial charge in [0.05, 0.1) is 6.61 Å². The lowest BCUT2D eigenvalue weighted by Gasteiger charge is -2.15. The molecule has 0 heterocycles. The van der Waals surface area contributed by atoms with Crippen LogP contribution in [-0.4, -0.2) is 36.9 Å². The molecular weight excluding hydrogens is 272 g/mol. The van der Waals surface area contributed by atoms with Crippen molar-refractivity contribution in [2.45, 2.75) is 25.8 Å². The predicted octanol–water partition coefficient (Wildman–Crippen LogP) is 1.93. The minimum Gasteiger partial charge on any atom is -0.479 e. The standard InChI is InChI=1S/C15H22N2O4/c1-2-3-10-21-11-9-16-15(20)17-13(14(18)19)12-7-5-4-6-8-12/h4-8,13H,2-3,9-11H2,1H3,(H,18,19)(H2,16,17,20). The van der Waals surface area contributed by atoms with Crippen LogP contribution < -0.4 is 10.6 Å². The van der Waals surface area contributed by atoms with Crippen molar-refractivity contribution in [3.8, 4) is 0 Å². The van der Waals surface area contributed by atoms with E-state index < -0.39 is 18.0 Å². The molecule has 1 atom stereocenters. The maximum Gasteiger partial charge on any atom is 0.330 e. The van der Waals surface area contributed by atoms with Crippen molar-refractivity contribution < 1.29 is 19.4 Å². The van der Waals surface area contributed by atoms with Gasteiger partial charge in [0, 0.05) is 13.2 Å². The summed E-state index contributed by atoms with van der Waals surface area (Å²) in [6.45, 7) is 3.50. The van der Waals surface area contributed by atoms with Crippen molar-refractivity contribution in [2.24, 2.45) is 0 Å². The summed E-state index contributed by atoms with van der Waals surface area (Å²) in [7, 11) is 0. The normalized spacial score (nSPS) is 11.7. The SMILES string of the molecule is CCCCOCCNC(=O)NC(C(=O)O)c1ccccc1. The molecule has 0 saturated heterocycles. The zero-order valence-electron chi connectivity index (χ0n) is 12.2. The van der Waals surface area contributed by atoms with E-state index in [4.69, 9.17) is 4.74 Å². The van der Waals surface area contributed by atoms with Crippen LogP contribution in [0.3, 0.4) is 0 Å². The Morgan fingerprint density at radius 2 is 1.95 bits per heavy atom. The van der Waals surface area contributed by atoms with Gasteiger partial charge in [-0.25, -0.2) is 9.59 Å². The number of ether oxygens (including phenoxy) is 1. The number of amides is 2. The lowest BCUT2D eigenvalue weighted by Crippen LogP contribution is -2.42. The Labute approximate surface area is 124 Å². The van der Waals surface area contributed by atoms with Crippen LogP contribution in [0.1, 0.15) is 31.4 Å². The summed E-state index contributed by atoms with van der Waals surface area (Å²) in [5.74, 6) is -1.10. The zero-order valence-corrected chi connectivity index (χ0v) is 12.2. The summed E-state index contributed by atoms with van der Waals surface area (Å²) in [6.07, 6.45) is 2.05. The molecule has 1 rings (SSSR count). The van der Waals surface area contributed by atoms with E-state index in [1.807, 2.05) is 0 Å². The molecule has 1 aromatic rings. The first-order chi connectivity index (χ1) is 10.1. The molecule has 0 aliphatic carbocycles. The number of carboxylic acids is 1. The summed E-state index contributed by atoms with van der Waals surface area (Å²) in [5, 5.41) is 14.2. The van der Waals surface area contributed by atoms with E-state index in [2.05, 4.69) is 17.6 Å². The molecule has 0 radical (unpaired) electrons. The molecule has 6 nitrogen and oxygen atoms in total. The van der Waals surface area contributed by atoms with Gasteiger partial charge in [0.25, 0.3) is 0 Å². The number of carboxylic acid groups (broad SMARTS) is 1. The summed E-state index contributed by atoms with van der Waals surface area (Å²) in [6, 6.07) is 6.98.